The van der Waals surface area contributed by atoms with Gasteiger partial charge in [-0.25, -0.2) is 0 Å². The largest absolute Gasteiger partial charge is 0.364 e. The van der Waals surface area contributed by atoms with Crippen LogP contribution in [0.3, 0.4) is 0 Å². The summed E-state index contributed by atoms with van der Waals surface area (Å²) in [6, 6.07) is 18.1. The minimum absolute atomic E-state index is 0.412. The van der Waals surface area contributed by atoms with Gasteiger partial charge in [0.25, 0.3) is 0 Å². The lowest BCUT2D eigenvalue weighted by Crippen LogP contribution is -2.40. The average molecular weight is 287 g/mol. The second kappa shape index (κ2) is 4.64. The van der Waals surface area contributed by atoms with E-state index >= 15 is 0 Å². The zero-order chi connectivity index (χ0) is 14.2. The Morgan fingerprint density at radius 2 is 1.45 bits per heavy atom. The topological polar surface area (TPSA) is 53.0 Å². The van der Waals surface area contributed by atoms with Gasteiger partial charge in [0, 0.05) is 12.6 Å². The summed E-state index contributed by atoms with van der Waals surface area (Å²) in [5, 5.41) is 1.54. The fourth-order valence-corrected chi connectivity index (χ4v) is 3.43. The van der Waals surface area contributed by atoms with Crippen LogP contribution >= 0.6 is 0 Å². The molecule has 0 unspecified atom stereocenters. The molecule has 0 amide bonds. The molecule has 0 aromatic heterocycles. The fourth-order valence-electron chi connectivity index (χ4n) is 2.14. The molecule has 0 bridgehead atoms. The maximum atomic E-state index is 12.3. The molecule has 0 saturated carbocycles. The predicted molar refractivity (Wildman–Crippen MR) is 78.6 cm³/mol. The molecule has 2 aromatic carbocycles. The molecule has 102 valence electrons. The van der Waals surface area contributed by atoms with Crippen molar-refractivity contribution < 1.29 is 8.42 Å². The number of amidine groups is 1. The molecule has 0 radical (unpaired) electrons. The molecule has 6 heteroatoms. The first-order chi connectivity index (χ1) is 9.59. The van der Waals surface area contributed by atoms with E-state index in [9.17, 15) is 8.42 Å². The summed E-state index contributed by atoms with van der Waals surface area (Å²) in [4.78, 5) is 0. The van der Waals surface area contributed by atoms with Gasteiger partial charge >= 0.3 is 10.2 Å². The van der Waals surface area contributed by atoms with Gasteiger partial charge in [-0.1, -0.05) is 48.5 Å². The SMILES string of the molecule is CN1C(c2ccccc2)=NS(=O)(=O)N1c1ccccc1. The first-order valence-electron chi connectivity index (χ1n) is 6.09. The summed E-state index contributed by atoms with van der Waals surface area (Å²) in [5.41, 5.74) is 1.32. The van der Waals surface area contributed by atoms with Gasteiger partial charge in [-0.15, -0.1) is 4.40 Å². The van der Waals surface area contributed by atoms with Crippen molar-refractivity contribution in [1.82, 2.24) is 5.01 Å². The fraction of sp³-hybridized carbons (Fsp3) is 0.0714. The van der Waals surface area contributed by atoms with Crippen LogP contribution in [-0.4, -0.2) is 26.3 Å². The van der Waals surface area contributed by atoms with Crippen molar-refractivity contribution in [3.63, 3.8) is 0 Å². The third kappa shape index (κ3) is 2.04. The summed E-state index contributed by atoms with van der Waals surface area (Å²) in [6.45, 7) is 0. The molecule has 0 saturated heterocycles. The Labute approximate surface area is 117 Å². The molecule has 0 spiro atoms. The molecular weight excluding hydrogens is 274 g/mol. The number of para-hydroxylation sites is 1. The van der Waals surface area contributed by atoms with Crippen LogP contribution in [0.4, 0.5) is 5.69 Å². The highest BCUT2D eigenvalue weighted by molar-refractivity contribution is 7.92. The summed E-state index contributed by atoms with van der Waals surface area (Å²) in [7, 11) is -2.06. The van der Waals surface area contributed by atoms with Gasteiger partial charge in [0.1, 0.15) is 0 Å². The van der Waals surface area contributed by atoms with Crippen molar-refractivity contribution >= 4 is 21.7 Å². The van der Waals surface area contributed by atoms with Crippen LogP contribution in [0.1, 0.15) is 5.56 Å². The van der Waals surface area contributed by atoms with E-state index in [0.29, 0.717) is 11.5 Å². The zero-order valence-electron chi connectivity index (χ0n) is 10.8. The Balaban J connectivity index is 2.07. The second-order valence-electron chi connectivity index (χ2n) is 4.36. The van der Waals surface area contributed by atoms with Gasteiger partial charge in [0.05, 0.1) is 5.69 Å². The number of anilines is 1. The van der Waals surface area contributed by atoms with Crippen molar-refractivity contribution in [2.45, 2.75) is 0 Å². The van der Waals surface area contributed by atoms with Gasteiger partial charge in [-0.2, -0.15) is 12.8 Å². The van der Waals surface area contributed by atoms with E-state index in [4.69, 9.17) is 0 Å². The lowest BCUT2D eigenvalue weighted by molar-refractivity contribution is 0.526. The quantitative estimate of drug-likeness (QED) is 0.849. The van der Waals surface area contributed by atoms with Crippen LogP contribution < -0.4 is 4.41 Å². The Morgan fingerprint density at radius 3 is 2.05 bits per heavy atom. The molecule has 20 heavy (non-hydrogen) atoms. The van der Waals surface area contributed by atoms with Gasteiger partial charge in [-0.3, -0.25) is 5.01 Å². The van der Waals surface area contributed by atoms with Crippen LogP contribution in [0.15, 0.2) is 65.1 Å². The average Bonchev–Trinajstić information content (AvgIpc) is 2.71. The van der Waals surface area contributed by atoms with E-state index in [1.165, 1.54) is 4.41 Å². The molecule has 0 aliphatic carbocycles. The van der Waals surface area contributed by atoms with E-state index < -0.39 is 10.2 Å². The second-order valence-corrected chi connectivity index (χ2v) is 5.78. The molecule has 1 aliphatic rings. The first kappa shape index (κ1) is 12.7. The van der Waals surface area contributed by atoms with Crippen LogP contribution in [-0.2, 0) is 10.2 Å². The monoisotopic (exact) mass is 287 g/mol. The van der Waals surface area contributed by atoms with Crippen LogP contribution in [0.5, 0.6) is 0 Å². The number of hydrazine groups is 1. The van der Waals surface area contributed by atoms with Crippen molar-refractivity contribution in [2.24, 2.45) is 4.40 Å². The molecule has 2 aromatic rings. The van der Waals surface area contributed by atoms with Gasteiger partial charge in [0.2, 0.25) is 0 Å². The normalized spacial score (nSPS) is 17.1. The van der Waals surface area contributed by atoms with Gasteiger partial charge in [-0.05, 0) is 12.1 Å². The number of hydrogen-bond donors (Lipinski definition) is 0. The van der Waals surface area contributed by atoms with E-state index in [-0.39, 0.29) is 0 Å². The smallest absolute Gasteiger partial charge is 0.254 e. The highest BCUT2D eigenvalue weighted by Crippen LogP contribution is 2.27. The van der Waals surface area contributed by atoms with E-state index in [0.717, 1.165) is 5.56 Å². The Kier molecular flexibility index (Phi) is 2.94. The van der Waals surface area contributed by atoms with Crippen molar-refractivity contribution in [2.75, 3.05) is 11.5 Å². The minimum atomic E-state index is -3.74. The lowest BCUT2D eigenvalue weighted by atomic mass is 10.2. The molecule has 1 heterocycles. The summed E-state index contributed by atoms with van der Waals surface area (Å²) in [6.07, 6.45) is 0. The Hall–Kier alpha value is -2.34. The number of benzene rings is 2. The number of rotatable bonds is 2. The van der Waals surface area contributed by atoms with E-state index in [2.05, 4.69) is 4.40 Å². The van der Waals surface area contributed by atoms with Gasteiger partial charge in [0.15, 0.2) is 5.84 Å². The van der Waals surface area contributed by atoms with E-state index in [1.807, 2.05) is 36.4 Å². The third-order valence-corrected chi connectivity index (χ3v) is 4.30. The molecule has 0 fully saturated rings. The summed E-state index contributed by atoms with van der Waals surface area (Å²) in [5.74, 6) is 0.412. The van der Waals surface area contributed by atoms with Crippen LogP contribution in [0.25, 0.3) is 0 Å². The Morgan fingerprint density at radius 1 is 0.900 bits per heavy atom. The summed E-state index contributed by atoms with van der Waals surface area (Å²) < 4.78 is 29.6. The van der Waals surface area contributed by atoms with Crippen LogP contribution in [0, 0.1) is 0 Å². The predicted octanol–water partition coefficient (Wildman–Crippen LogP) is 2.04. The highest BCUT2D eigenvalue weighted by Gasteiger charge is 2.36. The van der Waals surface area contributed by atoms with E-state index in [1.54, 1.807) is 36.3 Å². The molecule has 0 N–H and O–H groups in total. The lowest BCUT2D eigenvalue weighted by Gasteiger charge is -2.26. The van der Waals surface area contributed by atoms with Gasteiger partial charge < -0.3 is 0 Å². The molecule has 3 rings (SSSR count). The van der Waals surface area contributed by atoms with Crippen molar-refractivity contribution in [1.29, 1.82) is 0 Å². The highest BCUT2D eigenvalue weighted by atomic mass is 32.2. The maximum absolute atomic E-state index is 12.3. The van der Waals surface area contributed by atoms with Crippen molar-refractivity contribution in [3.8, 4) is 0 Å². The molecule has 0 atom stereocenters. The third-order valence-electron chi connectivity index (χ3n) is 3.01. The van der Waals surface area contributed by atoms with Crippen molar-refractivity contribution in [3.05, 3.63) is 66.2 Å². The molecule has 1 aliphatic heterocycles. The first-order valence-corrected chi connectivity index (χ1v) is 7.48. The number of hydrogen-bond acceptors (Lipinski definition) is 3. The van der Waals surface area contributed by atoms with Crippen LogP contribution in [0.2, 0.25) is 0 Å². The zero-order valence-corrected chi connectivity index (χ0v) is 11.7. The number of nitrogens with zero attached hydrogens (tertiary/aromatic N) is 3. The molecule has 5 nitrogen and oxygen atoms in total. The Bertz CT molecular complexity index is 743. The molecular formula is C14H13N3O2S. The standard InChI is InChI=1S/C14H13N3O2S/c1-16-14(12-8-4-2-5-9-12)15-20(18,19)17(16)13-10-6-3-7-11-13/h2-11H,1H3. The summed E-state index contributed by atoms with van der Waals surface area (Å²) >= 11 is 0. The minimum Gasteiger partial charge on any atom is -0.254 e. The maximum Gasteiger partial charge on any atom is 0.364 e.